The molecule has 0 unspecified atom stereocenters. The first-order valence-electron chi connectivity index (χ1n) is 8.01. The molecule has 2 aromatic heterocycles. The van der Waals surface area contributed by atoms with Crippen molar-refractivity contribution in [3.63, 3.8) is 0 Å². The Morgan fingerprint density at radius 2 is 1.92 bits per heavy atom. The summed E-state index contributed by atoms with van der Waals surface area (Å²) in [6.07, 6.45) is 4.01. The topological polar surface area (TPSA) is 72.7 Å². The zero-order valence-corrected chi connectivity index (χ0v) is 14.6. The quantitative estimate of drug-likeness (QED) is 0.420. The molecule has 7 heteroatoms. The summed E-state index contributed by atoms with van der Waals surface area (Å²) in [6, 6.07) is 17.8. The van der Waals surface area contributed by atoms with Crippen LogP contribution >= 0.6 is 11.8 Å². The monoisotopic (exact) mass is 361 g/mol. The average molecular weight is 361 g/mol. The van der Waals surface area contributed by atoms with E-state index in [4.69, 9.17) is 0 Å². The van der Waals surface area contributed by atoms with Crippen molar-refractivity contribution in [1.82, 2.24) is 19.5 Å². The van der Waals surface area contributed by atoms with Gasteiger partial charge in [0, 0.05) is 10.6 Å². The van der Waals surface area contributed by atoms with Gasteiger partial charge in [0.2, 0.25) is 6.41 Å². The number of amides is 1. The second-order valence-corrected chi connectivity index (χ2v) is 6.66. The highest BCUT2D eigenvalue weighted by molar-refractivity contribution is 7.99. The van der Waals surface area contributed by atoms with Crippen molar-refractivity contribution < 1.29 is 4.79 Å². The van der Waals surface area contributed by atoms with Crippen LogP contribution in [0.15, 0.2) is 77.2 Å². The standard InChI is InChI=1S/C19H15N5OS/c25-13-23-15-6-4-5-14(9-15)10-24-12-22-17-18(24)20-11-21-19(17)26-16-7-2-1-3-8-16/h1-9,11-13H,10H2,(H,23,25). The molecular formula is C19H15N5OS. The first-order chi connectivity index (χ1) is 12.8. The number of hydrogen-bond acceptors (Lipinski definition) is 5. The Morgan fingerprint density at radius 1 is 1.04 bits per heavy atom. The van der Waals surface area contributed by atoms with E-state index in [0.717, 1.165) is 32.3 Å². The molecule has 0 aliphatic heterocycles. The maximum absolute atomic E-state index is 10.6. The Kier molecular flexibility index (Phi) is 4.61. The molecule has 2 aromatic carbocycles. The lowest BCUT2D eigenvalue weighted by atomic mass is 10.2. The third-order valence-electron chi connectivity index (χ3n) is 3.83. The number of benzene rings is 2. The number of hydrogen-bond donors (Lipinski definition) is 1. The summed E-state index contributed by atoms with van der Waals surface area (Å²) in [5, 5.41) is 3.50. The molecule has 0 fully saturated rings. The summed E-state index contributed by atoms with van der Waals surface area (Å²) in [4.78, 5) is 25.0. The average Bonchev–Trinajstić information content (AvgIpc) is 3.07. The minimum absolute atomic E-state index is 0.608. The maximum Gasteiger partial charge on any atom is 0.211 e. The second kappa shape index (κ2) is 7.37. The highest BCUT2D eigenvalue weighted by atomic mass is 32.2. The highest BCUT2D eigenvalue weighted by Gasteiger charge is 2.11. The molecule has 1 N–H and O–H groups in total. The molecule has 128 valence electrons. The lowest BCUT2D eigenvalue weighted by Crippen LogP contribution is -2.01. The lowest BCUT2D eigenvalue weighted by molar-refractivity contribution is -0.105. The predicted molar refractivity (Wildman–Crippen MR) is 101 cm³/mol. The van der Waals surface area contributed by atoms with E-state index in [0.29, 0.717) is 13.0 Å². The number of imidazole rings is 1. The Bertz CT molecular complexity index is 1050. The van der Waals surface area contributed by atoms with E-state index < -0.39 is 0 Å². The Morgan fingerprint density at radius 3 is 2.77 bits per heavy atom. The van der Waals surface area contributed by atoms with E-state index in [2.05, 4.69) is 20.3 Å². The first kappa shape index (κ1) is 16.3. The van der Waals surface area contributed by atoms with Gasteiger partial charge in [0.15, 0.2) is 5.65 Å². The zero-order chi connectivity index (χ0) is 17.8. The highest BCUT2D eigenvalue weighted by Crippen LogP contribution is 2.30. The molecule has 0 saturated heterocycles. The molecule has 0 aliphatic carbocycles. The van der Waals surface area contributed by atoms with Crippen LogP contribution in [0.25, 0.3) is 11.2 Å². The van der Waals surface area contributed by atoms with Gasteiger partial charge in [-0.15, -0.1) is 0 Å². The van der Waals surface area contributed by atoms with E-state index >= 15 is 0 Å². The van der Waals surface area contributed by atoms with Crippen molar-refractivity contribution in [3.05, 3.63) is 72.8 Å². The number of anilines is 1. The third-order valence-corrected chi connectivity index (χ3v) is 4.83. The number of nitrogens with one attached hydrogen (secondary N) is 1. The summed E-state index contributed by atoms with van der Waals surface area (Å²) in [6.45, 7) is 0.608. The van der Waals surface area contributed by atoms with Crippen LogP contribution in [0.1, 0.15) is 5.56 Å². The van der Waals surface area contributed by atoms with Gasteiger partial charge < -0.3 is 9.88 Å². The number of rotatable bonds is 6. The van der Waals surface area contributed by atoms with Crippen molar-refractivity contribution >= 4 is 35.0 Å². The zero-order valence-electron chi connectivity index (χ0n) is 13.7. The summed E-state index contributed by atoms with van der Waals surface area (Å²) < 4.78 is 1.98. The second-order valence-electron chi connectivity index (χ2n) is 5.60. The fourth-order valence-corrected chi connectivity index (χ4v) is 3.53. The van der Waals surface area contributed by atoms with Gasteiger partial charge in [-0.1, -0.05) is 42.1 Å². The molecule has 0 radical (unpaired) electrons. The van der Waals surface area contributed by atoms with Crippen LogP contribution in [-0.2, 0) is 11.3 Å². The van der Waals surface area contributed by atoms with Gasteiger partial charge in [0.05, 0.1) is 12.9 Å². The van der Waals surface area contributed by atoms with Crippen LogP contribution in [0.5, 0.6) is 0 Å². The van der Waals surface area contributed by atoms with Crippen molar-refractivity contribution in [2.24, 2.45) is 0 Å². The molecule has 2 heterocycles. The van der Waals surface area contributed by atoms with Gasteiger partial charge in [0.25, 0.3) is 0 Å². The van der Waals surface area contributed by atoms with Crippen molar-refractivity contribution in [2.75, 3.05) is 5.32 Å². The molecule has 0 spiro atoms. The minimum Gasteiger partial charge on any atom is -0.329 e. The molecule has 0 bridgehead atoms. The fourth-order valence-electron chi connectivity index (χ4n) is 2.67. The van der Waals surface area contributed by atoms with Gasteiger partial charge in [-0.3, -0.25) is 4.79 Å². The van der Waals surface area contributed by atoms with Crippen molar-refractivity contribution in [1.29, 1.82) is 0 Å². The molecule has 4 rings (SSSR count). The SMILES string of the molecule is O=CNc1cccc(Cn2cnc3c(Sc4ccccc4)ncnc32)c1. The van der Waals surface area contributed by atoms with E-state index in [1.807, 2.05) is 59.2 Å². The van der Waals surface area contributed by atoms with Crippen LogP contribution in [0.4, 0.5) is 5.69 Å². The lowest BCUT2D eigenvalue weighted by Gasteiger charge is -2.06. The normalized spacial score (nSPS) is 10.8. The summed E-state index contributed by atoms with van der Waals surface area (Å²) in [5.41, 5.74) is 3.37. The number of fused-ring (bicyclic) bond motifs is 1. The molecule has 1 amide bonds. The molecule has 0 aliphatic rings. The van der Waals surface area contributed by atoms with Crippen LogP contribution in [-0.4, -0.2) is 25.9 Å². The van der Waals surface area contributed by atoms with Crippen molar-refractivity contribution in [3.8, 4) is 0 Å². The number of nitrogens with zero attached hydrogens (tertiary/aromatic N) is 4. The molecule has 26 heavy (non-hydrogen) atoms. The largest absolute Gasteiger partial charge is 0.329 e. The van der Waals surface area contributed by atoms with Crippen LogP contribution in [0, 0.1) is 0 Å². The number of aromatic nitrogens is 4. The first-order valence-corrected chi connectivity index (χ1v) is 8.83. The van der Waals surface area contributed by atoms with E-state index in [1.165, 1.54) is 0 Å². The van der Waals surface area contributed by atoms with Crippen LogP contribution in [0.2, 0.25) is 0 Å². The van der Waals surface area contributed by atoms with E-state index in [-0.39, 0.29) is 0 Å². The molecular weight excluding hydrogens is 346 g/mol. The molecule has 4 aromatic rings. The smallest absolute Gasteiger partial charge is 0.211 e. The number of carbonyl (C=O) groups is 1. The summed E-state index contributed by atoms with van der Waals surface area (Å²) in [5.74, 6) is 0. The van der Waals surface area contributed by atoms with Crippen LogP contribution < -0.4 is 5.32 Å². The van der Waals surface area contributed by atoms with E-state index in [9.17, 15) is 4.79 Å². The maximum atomic E-state index is 10.6. The van der Waals surface area contributed by atoms with Gasteiger partial charge in [-0.2, -0.15) is 0 Å². The molecule has 0 saturated carbocycles. The Balaban J connectivity index is 1.64. The minimum atomic E-state index is 0.608. The van der Waals surface area contributed by atoms with E-state index in [1.54, 1.807) is 24.4 Å². The number of carbonyl (C=O) groups excluding carboxylic acids is 1. The summed E-state index contributed by atoms with van der Waals surface area (Å²) in [7, 11) is 0. The van der Waals surface area contributed by atoms with Crippen molar-refractivity contribution in [2.45, 2.75) is 16.5 Å². The predicted octanol–water partition coefficient (Wildman–Crippen LogP) is 3.59. The van der Waals surface area contributed by atoms with Gasteiger partial charge in [-0.25, -0.2) is 15.0 Å². The van der Waals surface area contributed by atoms with Gasteiger partial charge in [-0.05, 0) is 29.8 Å². The molecule has 6 nitrogen and oxygen atoms in total. The Labute approximate surface area is 154 Å². The van der Waals surface area contributed by atoms with Gasteiger partial charge >= 0.3 is 0 Å². The third kappa shape index (κ3) is 3.43. The van der Waals surface area contributed by atoms with Crippen LogP contribution in [0.3, 0.4) is 0 Å². The summed E-state index contributed by atoms with van der Waals surface area (Å²) >= 11 is 1.57. The Hall–Kier alpha value is -3.19. The molecule has 0 atom stereocenters. The fraction of sp³-hybridized carbons (Fsp3) is 0.0526. The van der Waals surface area contributed by atoms with Gasteiger partial charge in [0.1, 0.15) is 16.9 Å².